The second kappa shape index (κ2) is 5.53. The Hall–Kier alpha value is -0.640. The van der Waals surface area contributed by atoms with E-state index >= 15 is 0 Å². The number of halogens is 1. The number of hydrogen-bond donors (Lipinski definition) is 0. The number of allylic oxidation sites excluding steroid dienone is 2. The molecule has 1 aromatic rings. The van der Waals surface area contributed by atoms with Crippen molar-refractivity contribution in [1.29, 1.82) is 0 Å². The molecule has 2 atom stereocenters. The van der Waals surface area contributed by atoms with Crippen molar-refractivity contribution in [2.75, 3.05) is 13.2 Å². The summed E-state index contributed by atoms with van der Waals surface area (Å²) in [5.74, 6) is 1.20. The van der Waals surface area contributed by atoms with Gasteiger partial charge in [-0.15, -0.1) is 0 Å². The molecule has 3 aliphatic rings. The van der Waals surface area contributed by atoms with E-state index in [9.17, 15) is 0 Å². The van der Waals surface area contributed by atoms with E-state index < -0.39 is 0 Å². The number of fused-ring (bicyclic) bond motifs is 1. The molecule has 0 N–H and O–H groups in total. The molecule has 0 amide bonds. The van der Waals surface area contributed by atoms with E-state index in [4.69, 9.17) is 9.47 Å². The van der Waals surface area contributed by atoms with Crippen molar-refractivity contribution in [2.45, 2.75) is 37.9 Å². The van der Waals surface area contributed by atoms with Crippen LogP contribution in [0.4, 0.5) is 0 Å². The molecule has 3 heteroatoms. The summed E-state index contributed by atoms with van der Waals surface area (Å²) in [6.45, 7) is 1.55. The fourth-order valence-electron chi connectivity index (χ4n) is 4.16. The van der Waals surface area contributed by atoms with Crippen LogP contribution in [0, 0.1) is 11.8 Å². The first-order valence-electron chi connectivity index (χ1n) is 7.99. The van der Waals surface area contributed by atoms with Crippen LogP contribution in [0.15, 0.2) is 34.8 Å². The number of hydrogen-bond acceptors (Lipinski definition) is 2. The summed E-state index contributed by atoms with van der Waals surface area (Å²) < 4.78 is 13.0. The fraction of sp³-hybridized carbons (Fsp3) is 0.556. The number of ether oxygens (including phenoxy) is 2. The smallest absolute Gasteiger partial charge is 0.168 e. The first-order chi connectivity index (χ1) is 10.2. The first-order valence-corrected chi connectivity index (χ1v) is 8.78. The summed E-state index contributed by atoms with van der Waals surface area (Å²) in [4.78, 5) is 0. The average molecular weight is 349 g/mol. The van der Waals surface area contributed by atoms with Crippen molar-refractivity contribution in [2.24, 2.45) is 11.8 Å². The maximum absolute atomic E-state index is 5.91. The lowest BCUT2D eigenvalue weighted by molar-refractivity contribution is -0.192. The van der Waals surface area contributed by atoms with Crippen LogP contribution < -0.4 is 0 Å². The fourth-order valence-corrected chi connectivity index (χ4v) is 4.42. The third kappa shape index (κ3) is 2.71. The highest BCUT2D eigenvalue weighted by molar-refractivity contribution is 9.10. The van der Waals surface area contributed by atoms with E-state index in [1.807, 2.05) is 0 Å². The zero-order chi connectivity index (χ0) is 14.3. The average Bonchev–Trinajstić information content (AvgIpc) is 2.96. The van der Waals surface area contributed by atoms with Gasteiger partial charge < -0.3 is 9.47 Å². The number of benzene rings is 1. The highest BCUT2D eigenvalue weighted by Gasteiger charge is 2.45. The highest BCUT2D eigenvalue weighted by atomic mass is 79.9. The molecule has 2 unspecified atom stereocenters. The Morgan fingerprint density at radius 2 is 1.81 bits per heavy atom. The first kappa shape index (κ1) is 14.0. The molecule has 0 bridgehead atoms. The standard InChI is InChI=1S/C18H21BrO2/c19-17-5-3-13(4-6-17)14-1-2-16-12-18(20-9-10-21-18)8-7-15(16)11-14/h3-6,11,15-16H,1-2,7-10,12H2. The minimum absolute atomic E-state index is 0.232. The van der Waals surface area contributed by atoms with Crippen LogP contribution >= 0.6 is 15.9 Å². The molecule has 1 aliphatic heterocycles. The van der Waals surface area contributed by atoms with Crippen molar-refractivity contribution in [3.8, 4) is 0 Å². The van der Waals surface area contributed by atoms with E-state index in [-0.39, 0.29) is 5.79 Å². The van der Waals surface area contributed by atoms with Crippen LogP contribution in [-0.2, 0) is 9.47 Å². The van der Waals surface area contributed by atoms with Gasteiger partial charge in [0.25, 0.3) is 0 Å². The largest absolute Gasteiger partial charge is 0.348 e. The molecule has 2 aliphatic carbocycles. The molecular formula is C18H21BrO2. The molecule has 1 aromatic carbocycles. The van der Waals surface area contributed by atoms with Gasteiger partial charge in [-0.05, 0) is 54.4 Å². The molecule has 2 nitrogen and oxygen atoms in total. The Morgan fingerprint density at radius 3 is 2.57 bits per heavy atom. The van der Waals surface area contributed by atoms with Crippen LogP contribution in [0.2, 0.25) is 0 Å². The van der Waals surface area contributed by atoms with Gasteiger partial charge in [0, 0.05) is 17.3 Å². The van der Waals surface area contributed by atoms with Gasteiger partial charge in [-0.3, -0.25) is 0 Å². The van der Waals surface area contributed by atoms with Gasteiger partial charge in [0.05, 0.1) is 13.2 Å². The molecule has 112 valence electrons. The normalized spacial score (nSPS) is 31.0. The zero-order valence-electron chi connectivity index (χ0n) is 12.2. The topological polar surface area (TPSA) is 18.5 Å². The minimum Gasteiger partial charge on any atom is -0.348 e. The lowest BCUT2D eigenvalue weighted by Gasteiger charge is -2.42. The van der Waals surface area contributed by atoms with E-state index in [1.54, 1.807) is 0 Å². The predicted octanol–water partition coefficient (Wildman–Crippen LogP) is 4.79. The molecule has 0 radical (unpaired) electrons. The maximum Gasteiger partial charge on any atom is 0.168 e. The summed E-state index contributed by atoms with van der Waals surface area (Å²) in [6, 6.07) is 8.73. The molecule has 2 fully saturated rings. The van der Waals surface area contributed by atoms with E-state index in [0.29, 0.717) is 5.92 Å². The van der Waals surface area contributed by atoms with E-state index in [0.717, 1.165) is 36.4 Å². The van der Waals surface area contributed by atoms with Gasteiger partial charge in [-0.25, -0.2) is 0 Å². The second-order valence-electron chi connectivity index (χ2n) is 6.51. The molecule has 1 saturated carbocycles. The molecule has 1 heterocycles. The lowest BCUT2D eigenvalue weighted by atomic mass is 9.69. The second-order valence-corrected chi connectivity index (χ2v) is 7.43. The van der Waals surface area contributed by atoms with Crippen molar-refractivity contribution in [3.05, 3.63) is 40.4 Å². The Kier molecular flexibility index (Phi) is 3.68. The molecule has 4 rings (SSSR count). The SMILES string of the molecule is Brc1ccc(C2=CC3CCC4(CC3CC2)OCCO4)cc1. The van der Waals surface area contributed by atoms with Gasteiger partial charge >= 0.3 is 0 Å². The summed E-state index contributed by atoms with van der Waals surface area (Å²) in [5, 5.41) is 0. The third-order valence-electron chi connectivity index (χ3n) is 5.27. The van der Waals surface area contributed by atoms with Crippen LogP contribution in [0.1, 0.15) is 37.7 Å². The van der Waals surface area contributed by atoms with Gasteiger partial charge in [0.15, 0.2) is 5.79 Å². The van der Waals surface area contributed by atoms with Crippen molar-refractivity contribution < 1.29 is 9.47 Å². The van der Waals surface area contributed by atoms with Crippen LogP contribution in [0.5, 0.6) is 0 Å². The van der Waals surface area contributed by atoms with Crippen LogP contribution in [0.3, 0.4) is 0 Å². The van der Waals surface area contributed by atoms with Gasteiger partial charge in [-0.2, -0.15) is 0 Å². The summed E-state index contributed by atoms with van der Waals surface area (Å²) >= 11 is 3.51. The molecule has 21 heavy (non-hydrogen) atoms. The number of rotatable bonds is 1. The van der Waals surface area contributed by atoms with Gasteiger partial charge in [-0.1, -0.05) is 34.1 Å². The van der Waals surface area contributed by atoms with Crippen molar-refractivity contribution >= 4 is 21.5 Å². The lowest BCUT2D eigenvalue weighted by Crippen LogP contribution is -2.40. The van der Waals surface area contributed by atoms with E-state index in [2.05, 4.69) is 46.3 Å². The minimum atomic E-state index is -0.232. The Labute approximate surface area is 134 Å². The van der Waals surface area contributed by atoms with Crippen molar-refractivity contribution in [3.63, 3.8) is 0 Å². The van der Waals surface area contributed by atoms with Gasteiger partial charge in [0.1, 0.15) is 0 Å². The molecule has 1 saturated heterocycles. The zero-order valence-corrected chi connectivity index (χ0v) is 13.8. The maximum atomic E-state index is 5.91. The van der Waals surface area contributed by atoms with Crippen LogP contribution in [-0.4, -0.2) is 19.0 Å². The van der Waals surface area contributed by atoms with Crippen molar-refractivity contribution in [1.82, 2.24) is 0 Å². The summed E-state index contributed by atoms with van der Waals surface area (Å²) in [7, 11) is 0. The Bertz CT molecular complexity index is 543. The van der Waals surface area contributed by atoms with Gasteiger partial charge in [0.2, 0.25) is 0 Å². The van der Waals surface area contributed by atoms with Crippen LogP contribution in [0.25, 0.3) is 5.57 Å². The summed E-state index contributed by atoms with van der Waals surface area (Å²) in [5.41, 5.74) is 2.90. The monoisotopic (exact) mass is 348 g/mol. The Morgan fingerprint density at radius 1 is 1.05 bits per heavy atom. The Balaban J connectivity index is 1.52. The van der Waals surface area contributed by atoms with E-state index in [1.165, 1.54) is 30.4 Å². The predicted molar refractivity (Wildman–Crippen MR) is 86.8 cm³/mol. The molecule has 1 spiro atoms. The molecule has 0 aromatic heterocycles. The third-order valence-corrected chi connectivity index (χ3v) is 5.79. The molecular weight excluding hydrogens is 328 g/mol. The summed E-state index contributed by atoms with van der Waals surface area (Å²) in [6.07, 6.45) is 8.31. The highest BCUT2D eigenvalue weighted by Crippen LogP contribution is 2.47. The quantitative estimate of drug-likeness (QED) is 0.726.